The van der Waals surface area contributed by atoms with Crippen LogP contribution < -0.4 is 0 Å². The second kappa shape index (κ2) is 5.61. The van der Waals surface area contributed by atoms with Crippen molar-refractivity contribution in [3.63, 3.8) is 0 Å². The van der Waals surface area contributed by atoms with E-state index < -0.39 is 5.92 Å². The molecule has 0 saturated heterocycles. The molecule has 0 N–H and O–H groups in total. The van der Waals surface area contributed by atoms with Crippen LogP contribution in [0, 0.1) is 5.82 Å². The second-order valence-electron chi connectivity index (χ2n) is 4.15. The van der Waals surface area contributed by atoms with Crippen LogP contribution in [0.15, 0.2) is 27.2 Å². The van der Waals surface area contributed by atoms with E-state index in [1.165, 1.54) is 19.1 Å². The number of aromatic nitrogens is 2. The van der Waals surface area contributed by atoms with Crippen molar-refractivity contribution in [1.82, 2.24) is 10.1 Å². The number of carbonyl (C=O) groups excluding carboxylic acids is 1. The summed E-state index contributed by atoms with van der Waals surface area (Å²) >= 11 is 3.30. The molecule has 0 aliphatic carbocycles. The van der Waals surface area contributed by atoms with Crippen LogP contribution in [0.4, 0.5) is 4.39 Å². The van der Waals surface area contributed by atoms with Gasteiger partial charge in [-0.3, -0.25) is 4.79 Å². The van der Waals surface area contributed by atoms with Crippen molar-refractivity contribution < 1.29 is 13.7 Å². The van der Waals surface area contributed by atoms with E-state index in [-0.39, 0.29) is 23.3 Å². The van der Waals surface area contributed by atoms with E-state index in [1.807, 2.05) is 6.92 Å². The number of ketones is 1. The molecule has 0 aliphatic heterocycles. The van der Waals surface area contributed by atoms with Gasteiger partial charge < -0.3 is 4.52 Å². The summed E-state index contributed by atoms with van der Waals surface area (Å²) in [7, 11) is 0. The Hall–Kier alpha value is -1.56. The van der Waals surface area contributed by atoms with E-state index in [4.69, 9.17) is 4.52 Å². The molecule has 1 heterocycles. The SMILES string of the molecule is CCC(C(C)=O)c1nc(-c2cc(F)ccc2Br)no1. The molecule has 0 bridgehead atoms. The minimum Gasteiger partial charge on any atom is -0.338 e. The zero-order valence-electron chi connectivity index (χ0n) is 10.5. The third-order valence-electron chi connectivity index (χ3n) is 2.81. The lowest BCUT2D eigenvalue weighted by molar-refractivity contribution is -0.119. The molecule has 0 aliphatic rings. The minimum atomic E-state index is -0.409. The number of rotatable bonds is 4. The fraction of sp³-hybridized carbons (Fsp3) is 0.308. The molecule has 0 saturated carbocycles. The number of benzene rings is 1. The molecule has 0 spiro atoms. The maximum atomic E-state index is 13.2. The van der Waals surface area contributed by atoms with E-state index in [0.29, 0.717) is 16.5 Å². The van der Waals surface area contributed by atoms with Gasteiger partial charge in [0.25, 0.3) is 0 Å². The van der Waals surface area contributed by atoms with Gasteiger partial charge in [0, 0.05) is 10.0 Å². The van der Waals surface area contributed by atoms with Gasteiger partial charge >= 0.3 is 0 Å². The minimum absolute atomic E-state index is 0.0315. The average Bonchev–Trinajstić information content (AvgIpc) is 2.82. The van der Waals surface area contributed by atoms with Crippen LogP contribution in [0.3, 0.4) is 0 Å². The lowest BCUT2D eigenvalue weighted by Crippen LogP contribution is -2.07. The van der Waals surface area contributed by atoms with Gasteiger partial charge in [-0.05, 0) is 31.5 Å². The number of hydrogen-bond donors (Lipinski definition) is 0. The van der Waals surface area contributed by atoms with Gasteiger partial charge in [-0.15, -0.1) is 0 Å². The highest BCUT2D eigenvalue weighted by atomic mass is 79.9. The molecule has 4 nitrogen and oxygen atoms in total. The normalized spacial score (nSPS) is 12.4. The number of hydrogen-bond acceptors (Lipinski definition) is 4. The molecule has 1 atom stereocenters. The van der Waals surface area contributed by atoms with E-state index in [0.717, 1.165) is 0 Å². The first kappa shape index (κ1) is 13.9. The Kier molecular flexibility index (Phi) is 4.09. The van der Waals surface area contributed by atoms with Crippen molar-refractivity contribution in [3.05, 3.63) is 34.4 Å². The number of halogens is 2. The maximum absolute atomic E-state index is 13.2. The van der Waals surface area contributed by atoms with E-state index in [9.17, 15) is 9.18 Å². The van der Waals surface area contributed by atoms with Crippen LogP contribution >= 0.6 is 15.9 Å². The topological polar surface area (TPSA) is 56.0 Å². The predicted octanol–water partition coefficient (Wildman–Crippen LogP) is 3.72. The third kappa shape index (κ3) is 2.89. The predicted molar refractivity (Wildman–Crippen MR) is 71.1 cm³/mol. The molecule has 2 aromatic rings. The van der Waals surface area contributed by atoms with Crippen LogP contribution in [-0.4, -0.2) is 15.9 Å². The Morgan fingerprint density at radius 3 is 2.89 bits per heavy atom. The summed E-state index contributed by atoms with van der Waals surface area (Å²) in [5.74, 6) is -0.296. The van der Waals surface area contributed by atoms with Crippen LogP contribution in [0.25, 0.3) is 11.4 Å². The van der Waals surface area contributed by atoms with Crippen molar-refractivity contribution >= 4 is 21.7 Å². The van der Waals surface area contributed by atoms with Gasteiger partial charge in [-0.25, -0.2) is 4.39 Å². The summed E-state index contributed by atoms with van der Waals surface area (Å²) in [6.07, 6.45) is 0.585. The van der Waals surface area contributed by atoms with Crippen molar-refractivity contribution in [2.24, 2.45) is 0 Å². The summed E-state index contributed by atoms with van der Waals surface area (Å²) in [4.78, 5) is 15.6. The molecule has 0 amide bonds. The van der Waals surface area contributed by atoms with Crippen LogP contribution in [0.5, 0.6) is 0 Å². The molecule has 1 aromatic carbocycles. The van der Waals surface area contributed by atoms with E-state index >= 15 is 0 Å². The molecule has 6 heteroatoms. The first-order valence-electron chi connectivity index (χ1n) is 5.82. The number of carbonyl (C=O) groups is 1. The fourth-order valence-corrected chi connectivity index (χ4v) is 2.21. The lowest BCUT2D eigenvalue weighted by atomic mass is 10.0. The van der Waals surface area contributed by atoms with Gasteiger partial charge in [0.2, 0.25) is 11.7 Å². The molecular formula is C13H12BrFN2O2. The molecule has 0 radical (unpaired) electrons. The molecule has 1 unspecified atom stereocenters. The fourth-order valence-electron chi connectivity index (χ4n) is 1.79. The molecule has 0 fully saturated rings. The van der Waals surface area contributed by atoms with Gasteiger partial charge in [0.15, 0.2) is 0 Å². The zero-order chi connectivity index (χ0) is 14.0. The van der Waals surface area contributed by atoms with Gasteiger partial charge in [-0.2, -0.15) is 4.98 Å². The third-order valence-corrected chi connectivity index (χ3v) is 3.50. The summed E-state index contributed by atoms with van der Waals surface area (Å²) in [5.41, 5.74) is 0.494. The largest absolute Gasteiger partial charge is 0.338 e. The van der Waals surface area contributed by atoms with Crippen molar-refractivity contribution in [2.75, 3.05) is 0 Å². The highest BCUT2D eigenvalue weighted by Gasteiger charge is 2.22. The Morgan fingerprint density at radius 1 is 1.53 bits per heavy atom. The highest BCUT2D eigenvalue weighted by molar-refractivity contribution is 9.10. The van der Waals surface area contributed by atoms with Gasteiger partial charge in [0.05, 0.1) is 5.92 Å². The number of nitrogens with zero attached hydrogens (tertiary/aromatic N) is 2. The molecule has 2 rings (SSSR count). The Labute approximate surface area is 118 Å². The van der Waals surface area contributed by atoms with Crippen LogP contribution in [0.2, 0.25) is 0 Å². The molecular weight excluding hydrogens is 315 g/mol. The van der Waals surface area contributed by atoms with E-state index in [2.05, 4.69) is 26.1 Å². The molecule has 1 aromatic heterocycles. The van der Waals surface area contributed by atoms with E-state index in [1.54, 1.807) is 6.07 Å². The summed E-state index contributed by atoms with van der Waals surface area (Å²) in [6, 6.07) is 4.22. The lowest BCUT2D eigenvalue weighted by Gasteiger charge is -2.03. The summed E-state index contributed by atoms with van der Waals surface area (Å²) in [6.45, 7) is 3.35. The Balaban J connectivity index is 2.40. The standard InChI is InChI=1S/C13H12BrFN2O2/c1-3-9(7(2)18)13-16-12(17-19-13)10-6-8(15)4-5-11(10)14/h4-6,9H,3H2,1-2H3. The first-order valence-corrected chi connectivity index (χ1v) is 6.61. The monoisotopic (exact) mass is 326 g/mol. The highest BCUT2D eigenvalue weighted by Crippen LogP contribution is 2.28. The summed E-state index contributed by atoms with van der Waals surface area (Å²) in [5, 5.41) is 3.80. The second-order valence-corrected chi connectivity index (χ2v) is 5.01. The average molecular weight is 327 g/mol. The summed E-state index contributed by atoms with van der Waals surface area (Å²) < 4.78 is 19.0. The van der Waals surface area contributed by atoms with Crippen molar-refractivity contribution in [2.45, 2.75) is 26.2 Å². The Bertz CT molecular complexity index is 612. The number of Topliss-reactive ketones (excluding diaryl/α,β-unsaturated/α-hetero) is 1. The zero-order valence-corrected chi connectivity index (χ0v) is 12.1. The first-order chi connectivity index (χ1) is 9.02. The van der Waals surface area contributed by atoms with Crippen molar-refractivity contribution in [1.29, 1.82) is 0 Å². The smallest absolute Gasteiger partial charge is 0.237 e. The maximum Gasteiger partial charge on any atom is 0.237 e. The quantitative estimate of drug-likeness (QED) is 0.859. The van der Waals surface area contributed by atoms with Crippen LogP contribution in [-0.2, 0) is 4.79 Å². The van der Waals surface area contributed by atoms with Gasteiger partial charge in [-0.1, -0.05) is 28.0 Å². The van der Waals surface area contributed by atoms with Gasteiger partial charge in [0.1, 0.15) is 11.6 Å². The Morgan fingerprint density at radius 2 is 2.26 bits per heavy atom. The van der Waals surface area contributed by atoms with Crippen LogP contribution in [0.1, 0.15) is 32.1 Å². The molecule has 100 valence electrons. The molecule has 19 heavy (non-hydrogen) atoms. The van der Waals surface area contributed by atoms with Crippen molar-refractivity contribution in [3.8, 4) is 11.4 Å².